The van der Waals surface area contributed by atoms with Crippen LogP contribution < -0.4 is 0 Å². The van der Waals surface area contributed by atoms with Crippen molar-refractivity contribution in [2.45, 2.75) is 251 Å². The minimum Gasteiger partial charge on any atom is -0.462 e. The van der Waals surface area contributed by atoms with Crippen LogP contribution >= 0.6 is 7.82 Å². The Morgan fingerprint density at radius 1 is 0.500 bits per heavy atom. The number of likely N-dealkylation sites (N-methyl/N-ethyl adjacent to an activating group) is 1. The third-order valence-corrected chi connectivity index (χ3v) is 12.3. The molecule has 0 aromatic heterocycles. The average Bonchev–Trinajstić information content (AvgIpc) is 3.20. The normalized spacial score (nSPS) is 13.5. The van der Waals surface area contributed by atoms with Gasteiger partial charge in [-0.25, -0.2) is 4.57 Å². The molecule has 0 saturated heterocycles. The van der Waals surface area contributed by atoms with Gasteiger partial charge in [0, 0.05) is 12.8 Å². The third kappa shape index (κ3) is 46.3. The summed E-state index contributed by atoms with van der Waals surface area (Å²) in [6.07, 6.45) is 46.9. The number of phosphoric acid groups is 1. The summed E-state index contributed by atoms with van der Waals surface area (Å²) >= 11 is 0. The van der Waals surface area contributed by atoms with Gasteiger partial charge in [0.2, 0.25) is 0 Å². The summed E-state index contributed by atoms with van der Waals surface area (Å²) in [5, 5.41) is 0. The highest BCUT2D eigenvalue weighted by Crippen LogP contribution is 2.43. The molecule has 1 N–H and O–H groups in total. The number of hydrogen-bond acceptors (Lipinski definition) is 7. The molecule has 0 aliphatic rings. The number of quaternary nitrogens is 1. The average molecular weight is 873 g/mol. The molecule has 9 nitrogen and oxygen atoms in total. The second kappa shape index (κ2) is 43.0. The van der Waals surface area contributed by atoms with Crippen molar-refractivity contribution in [2.24, 2.45) is 0 Å². The van der Waals surface area contributed by atoms with Crippen LogP contribution in [0.15, 0.2) is 12.2 Å². The molecule has 0 radical (unpaired) electrons. The molecule has 60 heavy (non-hydrogen) atoms. The van der Waals surface area contributed by atoms with Gasteiger partial charge in [0.15, 0.2) is 6.10 Å². The molecule has 0 fully saturated rings. The van der Waals surface area contributed by atoms with E-state index in [-0.39, 0.29) is 25.6 Å². The monoisotopic (exact) mass is 873 g/mol. The van der Waals surface area contributed by atoms with Crippen LogP contribution in [0, 0.1) is 0 Å². The number of nitrogens with zero attached hydrogens (tertiary/aromatic N) is 1. The first-order chi connectivity index (χ1) is 29.0. The predicted octanol–water partition coefficient (Wildman–Crippen LogP) is 14.9. The molecular weight excluding hydrogens is 774 g/mol. The van der Waals surface area contributed by atoms with E-state index < -0.39 is 26.5 Å². The molecule has 0 aromatic carbocycles. The SMILES string of the molecule is CCCC/C=C/CCCCCCCCCCCC(=O)O[C@@H](COC(=O)CCCCCCCCCCCCCCCCCCCCCCC)COP(=O)(O)OCC[N+](C)(C)C. The number of hydrogen-bond donors (Lipinski definition) is 1. The smallest absolute Gasteiger partial charge is 0.462 e. The lowest BCUT2D eigenvalue weighted by molar-refractivity contribution is -0.870. The lowest BCUT2D eigenvalue weighted by Gasteiger charge is -2.24. The van der Waals surface area contributed by atoms with Crippen LogP contribution in [0.5, 0.6) is 0 Å². The van der Waals surface area contributed by atoms with Crippen molar-refractivity contribution in [3.63, 3.8) is 0 Å². The van der Waals surface area contributed by atoms with Gasteiger partial charge in [-0.3, -0.25) is 18.6 Å². The van der Waals surface area contributed by atoms with Gasteiger partial charge in [-0.2, -0.15) is 0 Å². The van der Waals surface area contributed by atoms with Crippen LogP contribution in [-0.4, -0.2) is 74.9 Å². The largest absolute Gasteiger partial charge is 0.472 e. The van der Waals surface area contributed by atoms with Gasteiger partial charge in [0.25, 0.3) is 0 Å². The first-order valence-electron chi connectivity index (χ1n) is 25.4. The van der Waals surface area contributed by atoms with E-state index in [1.54, 1.807) is 0 Å². The van der Waals surface area contributed by atoms with E-state index in [0.29, 0.717) is 23.9 Å². The van der Waals surface area contributed by atoms with Gasteiger partial charge in [-0.05, 0) is 32.1 Å². The molecular formula is C50H99NO8P+. The molecule has 0 rings (SSSR count). The third-order valence-electron chi connectivity index (χ3n) is 11.3. The molecule has 0 saturated carbocycles. The van der Waals surface area contributed by atoms with Crippen LogP contribution in [-0.2, 0) is 32.7 Å². The van der Waals surface area contributed by atoms with Crippen molar-refractivity contribution in [1.82, 2.24) is 0 Å². The molecule has 0 aliphatic heterocycles. The lowest BCUT2D eigenvalue weighted by Crippen LogP contribution is -2.37. The highest BCUT2D eigenvalue weighted by Gasteiger charge is 2.27. The van der Waals surface area contributed by atoms with E-state index >= 15 is 0 Å². The summed E-state index contributed by atoms with van der Waals surface area (Å²) < 4.78 is 34.4. The second-order valence-corrected chi connectivity index (χ2v) is 20.0. The molecule has 1 unspecified atom stereocenters. The number of phosphoric ester groups is 1. The Kier molecular flexibility index (Phi) is 42.1. The van der Waals surface area contributed by atoms with Crippen molar-refractivity contribution in [3.05, 3.63) is 12.2 Å². The summed E-state index contributed by atoms with van der Waals surface area (Å²) in [5.41, 5.74) is 0. The van der Waals surface area contributed by atoms with E-state index in [2.05, 4.69) is 26.0 Å². The van der Waals surface area contributed by atoms with Gasteiger partial charge >= 0.3 is 19.8 Å². The summed E-state index contributed by atoms with van der Waals surface area (Å²) in [6, 6.07) is 0. The Labute approximate surface area is 371 Å². The zero-order valence-electron chi connectivity index (χ0n) is 40.2. The topological polar surface area (TPSA) is 108 Å². The summed E-state index contributed by atoms with van der Waals surface area (Å²) in [5.74, 6) is -0.786. The van der Waals surface area contributed by atoms with Gasteiger partial charge in [-0.1, -0.05) is 212 Å². The minimum absolute atomic E-state index is 0.0347. The van der Waals surface area contributed by atoms with Crippen LogP contribution in [0.1, 0.15) is 245 Å². The van der Waals surface area contributed by atoms with Crippen LogP contribution in [0.4, 0.5) is 0 Å². The van der Waals surface area contributed by atoms with Gasteiger partial charge in [0.1, 0.15) is 19.8 Å². The molecule has 0 amide bonds. The zero-order chi connectivity index (χ0) is 44.3. The number of allylic oxidation sites excluding steroid dienone is 2. The maximum Gasteiger partial charge on any atom is 0.472 e. The summed E-state index contributed by atoms with van der Waals surface area (Å²) in [7, 11) is 1.49. The van der Waals surface area contributed by atoms with Gasteiger partial charge in [-0.15, -0.1) is 0 Å². The van der Waals surface area contributed by atoms with E-state index in [9.17, 15) is 19.0 Å². The fourth-order valence-corrected chi connectivity index (χ4v) is 8.03. The fourth-order valence-electron chi connectivity index (χ4n) is 7.29. The standard InChI is InChI=1S/C50H98NO8P/c1-6-8-10-12-14-16-18-20-22-23-24-25-26-27-29-30-32-34-36-38-40-42-49(52)56-46-48(47-58-60(54,55)57-45-44-51(3,4)5)59-50(53)43-41-39-37-35-33-31-28-21-19-17-15-13-11-9-7-2/h13,15,48H,6-12,14,16-47H2,1-5H3/p+1/b15-13+/t48-/m0/s1. The highest BCUT2D eigenvalue weighted by atomic mass is 31.2. The van der Waals surface area contributed by atoms with Gasteiger partial charge in [0.05, 0.1) is 27.7 Å². The molecule has 10 heteroatoms. The van der Waals surface area contributed by atoms with Crippen molar-refractivity contribution in [3.8, 4) is 0 Å². The fraction of sp³-hybridized carbons (Fsp3) is 0.920. The molecule has 0 aromatic rings. The number of carbonyl (C=O) groups excluding carboxylic acids is 2. The molecule has 0 heterocycles. The van der Waals surface area contributed by atoms with E-state index in [1.165, 1.54) is 173 Å². The number of unbranched alkanes of at least 4 members (excludes halogenated alkanes) is 31. The molecule has 0 aliphatic carbocycles. The quantitative estimate of drug-likeness (QED) is 0.0212. The maximum absolute atomic E-state index is 12.7. The number of rotatable bonds is 47. The first-order valence-corrected chi connectivity index (χ1v) is 26.9. The number of esters is 2. The summed E-state index contributed by atoms with van der Waals surface area (Å²) in [6.45, 7) is 4.44. The predicted molar refractivity (Wildman–Crippen MR) is 252 cm³/mol. The Morgan fingerprint density at radius 2 is 0.867 bits per heavy atom. The Morgan fingerprint density at radius 3 is 1.28 bits per heavy atom. The van der Waals surface area contributed by atoms with Crippen molar-refractivity contribution >= 4 is 19.8 Å². The second-order valence-electron chi connectivity index (χ2n) is 18.6. The van der Waals surface area contributed by atoms with Crippen LogP contribution in [0.3, 0.4) is 0 Å². The first kappa shape index (κ1) is 58.8. The number of ether oxygens (including phenoxy) is 2. The van der Waals surface area contributed by atoms with Crippen molar-refractivity contribution in [1.29, 1.82) is 0 Å². The molecule has 0 bridgehead atoms. The molecule has 356 valence electrons. The Balaban J connectivity index is 4.19. The molecule has 2 atom stereocenters. The Bertz CT molecular complexity index is 1030. The zero-order valence-corrected chi connectivity index (χ0v) is 41.1. The molecule has 0 spiro atoms. The minimum atomic E-state index is -4.37. The maximum atomic E-state index is 12.7. The Hall–Kier alpha value is -1.25. The van der Waals surface area contributed by atoms with E-state index in [4.69, 9.17) is 18.5 Å². The lowest BCUT2D eigenvalue weighted by atomic mass is 10.0. The number of carbonyl (C=O) groups is 2. The summed E-state index contributed by atoms with van der Waals surface area (Å²) in [4.78, 5) is 35.5. The van der Waals surface area contributed by atoms with Gasteiger partial charge < -0.3 is 18.9 Å². The van der Waals surface area contributed by atoms with E-state index in [0.717, 1.165) is 38.5 Å². The van der Waals surface area contributed by atoms with Crippen LogP contribution in [0.25, 0.3) is 0 Å². The highest BCUT2D eigenvalue weighted by molar-refractivity contribution is 7.47. The van der Waals surface area contributed by atoms with E-state index in [1.807, 2.05) is 21.1 Å². The van der Waals surface area contributed by atoms with Crippen molar-refractivity contribution < 1.29 is 42.1 Å². The van der Waals surface area contributed by atoms with Crippen LogP contribution in [0.2, 0.25) is 0 Å². The van der Waals surface area contributed by atoms with Crippen molar-refractivity contribution in [2.75, 3.05) is 47.5 Å².